The molecule has 4 nitrogen and oxygen atoms in total. The van der Waals surface area contributed by atoms with E-state index in [1.807, 2.05) is 0 Å². The van der Waals surface area contributed by atoms with Crippen molar-refractivity contribution in [2.75, 3.05) is 5.32 Å². The summed E-state index contributed by atoms with van der Waals surface area (Å²) >= 11 is 5.63. The molecule has 0 heterocycles. The van der Waals surface area contributed by atoms with Crippen LogP contribution >= 0.6 is 11.6 Å². The van der Waals surface area contributed by atoms with Crippen LogP contribution in [0.5, 0.6) is 0 Å². The molecule has 0 fully saturated rings. The van der Waals surface area contributed by atoms with E-state index >= 15 is 0 Å². The molecule has 1 aromatic carbocycles. The van der Waals surface area contributed by atoms with Crippen LogP contribution in [-0.4, -0.2) is 23.4 Å². The third-order valence-corrected chi connectivity index (χ3v) is 2.29. The maximum Gasteiger partial charge on any atom is 0.338 e. The Kier molecular flexibility index (Phi) is 5.16. The highest BCUT2D eigenvalue weighted by Crippen LogP contribution is 2.12. The van der Waals surface area contributed by atoms with E-state index in [2.05, 4.69) is 5.32 Å². The number of hydrogen-bond donors (Lipinski definition) is 1. The highest BCUT2D eigenvalue weighted by atomic mass is 35.5. The third-order valence-electron chi connectivity index (χ3n) is 2.09. The van der Waals surface area contributed by atoms with Crippen LogP contribution in [0.4, 0.5) is 5.69 Å². The molecule has 98 valence electrons. The van der Waals surface area contributed by atoms with E-state index in [1.54, 1.807) is 45.0 Å². The molecule has 1 N–H and O–H groups in total. The smallest absolute Gasteiger partial charge is 0.338 e. The first kappa shape index (κ1) is 14.5. The Balaban J connectivity index is 2.68. The van der Waals surface area contributed by atoms with E-state index in [9.17, 15) is 9.59 Å². The molecule has 0 saturated carbocycles. The molecule has 0 aliphatic carbocycles. The van der Waals surface area contributed by atoms with Crippen molar-refractivity contribution in [1.29, 1.82) is 0 Å². The molecule has 1 aromatic rings. The number of anilines is 1. The zero-order chi connectivity index (χ0) is 13.7. The van der Waals surface area contributed by atoms with Gasteiger partial charge in [0.15, 0.2) is 0 Å². The first-order valence-electron chi connectivity index (χ1n) is 5.66. The summed E-state index contributed by atoms with van der Waals surface area (Å²) in [5.74, 6) is -0.664. The standard InChI is InChI=1S/C13H16ClNO3/c1-8(2)18-13(17)10-4-6-11(7-5-10)15-12(16)9(3)14/h4-9H,1-3H3,(H,15,16)/t9-/m0/s1. The van der Waals surface area contributed by atoms with Gasteiger partial charge in [-0.2, -0.15) is 0 Å². The van der Waals surface area contributed by atoms with E-state index in [1.165, 1.54) is 0 Å². The van der Waals surface area contributed by atoms with Gasteiger partial charge < -0.3 is 10.1 Å². The molecule has 1 amide bonds. The molecular formula is C13H16ClNO3. The van der Waals surface area contributed by atoms with E-state index in [4.69, 9.17) is 16.3 Å². The molecule has 0 aromatic heterocycles. The summed E-state index contributed by atoms with van der Waals surface area (Å²) in [7, 11) is 0. The molecule has 0 aliphatic rings. The van der Waals surface area contributed by atoms with Gasteiger partial charge in [-0.25, -0.2) is 4.79 Å². The number of ether oxygens (including phenoxy) is 1. The molecule has 0 saturated heterocycles. The van der Waals surface area contributed by atoms with Crippen molar-refractivity contribution in [1.82, 2.24) is 0 Å². The molecule has 0 radical (unpaired) electrons. The number of carbonyl (C=O) groups is 2. The van der Waals surface area contributed by atoms with Crippen molar-refractivity contribution in [2.45, 2.75) is 32.3 Å². The maximum atomic E-state index is 11.6. The normalized spacial score (nSPS) is 12.1. The minimum Gasteiger partial charge on any atom is -0.459 e. The minimum atomic E-state index is -0.601. The minimum absolute atomic E-state index is 0.158. The quantitative estimate of drug-likeness (QED) is 0.675. The number of alkyl halides is 1. The highest BCUT2D eigenvalue weighted by Gasteiger charge is 2.11. The zero-order valence-corrected chi connectivity index (χ0v) is 11.3. The Morgan fingerprint density at radius 2 is 1.72 bits per heavy atom. The van der Waals surface area contributed by atoms with Gasteiger partial charge in [-0.15, -0.1) is 11.6 Å². The Bertz CT molecular complexity index is 426. The lowest BCUT2D eigenvalue weighted by molar-refractivity contribution is -0.115. The second kappa shape index (κ2) is 6.40. The molecule has 0 aliphatic heterocycles. The van der Waals surface area contributed by atoms with Crippen LogP contribution < -0.4 is 5.32 Å². The lowest BCUT2D eigenvalue weighted by atomic mass is 10.2. The summed E-state index contributed by atoms with van der Waals surface area (Å²) in [6.45, 7) is 5.16. The van der Waals surface area contributed by atoms with Crippen LogP contribution in [-0.2, 0) is 9.53 Å². The number of carbonyl (C=O) groups excluding carboxylic acids is 2. The number of nitrogens with one attached hydrogen (secondary N) is 1. The van der Waals surface area contributed by atoms with Crippen molar-refractivity contribution >= 4 is 29.2 Å². The van der Waals surface area contributed by atoms with Gasteiger partial charge in [0, 0.05) is 5.69 Å². The molecule has 1 atom stereocenters. The fourth-order valence-corrected chi connectivity index (χ4v) is 1.27. The fraction of sp³-hybridized carbons (Fsp3) is 0.385. The number of amides is 1. The molecule has 0 bridgehead atoms. The fourth-order valence-electron chi connectivity index (χ4n) is 1.21. The SMILES string of the molecule is CC(C)OC(=O)c1ccc(NC(=O)[C@H](C)Cl)cc1. The van der Waals surface area contributed by atoms with Crippen molar-refractivity contribution in [3.05, 3.63) is 29.8 Å². The summed E-state index contributed by atoms with van der Waals surface area (Å²) in [6.07, 6.45) is -0.158. The Labute approximate surface area is 111 Å². The summed E-state index contributed by atoms with van der Waals surface area (Å²) in [5.41, 5.74) is 1.04. The first-order valence-corrected chi connectivity index (χ1v) is 6.09. The van der Waals surface area contributed by atoms with Crippen LogP contribution in [0.1, 0.15) is 31.1 Å². The predicted molar refractivity (Wildman–Crippen MR) is 70.9 cm³/mol. The number of esters is 1. The number of benzene rings is 1. The maximum absolute atomic E-state index is 11.6. The van der Waals surface area contributed by atoms with E-state index < -0.39 is 5.38 Å². The topological polar surface area (TPSA) is 55.4 Å². The van der Waals surface area contributed by atoms with Gasteiger partial charge in [-0.1, -0.05) is 0 Å². The summed E-state index contributed by atoms with van der Waals surface area (Å²) in [5, 5.41) is 2.02. The van der Waals surface area contributed by atoms with Gasteiger partial charge in [0.25, 0.3) is 0 Å². The van der Waals surface area contributed by atoms with Crippen molar-refractivity contribution < 1.29 is 14.3 Å². The number of rotatable bonds is 4. The van der Waals surface area contributed by atoms with E-state index in [0.717, 1.165) is 0 Å². The van der Waals surface area contributed by atoms with Crippen molar-refractivity contribution in [2.24, 2.45) is 0 Å². The van der Waals surface area contributed by atoms with Crippen molar-refractivity contribution in [3.63, 3.8) is 0 Å². The second-order valence-corrected chi connectivity index (χ2v) is 4.79. The molecule has 1 rings (SSSR count). The largest absolute Gasteiger partial charge is 0.459 e. The Hall–Kier alpha value is -1.55. The number of halogens is 1. The van der Waals surface area contributed by atoms with Gasteiger partial charge in [0.1, 0.15) is 5.38 Å². The summed E-state index contributed by atoms with van der Waals surface area (Å²) < 4.78 is 5.05. The van der Waals surface area contributed by atoms with Crippen LogP contribution in [0.25, 0.3) is 0 Å². The van der Waals surface area contributed by atoms with Gasteiger partial charge in [0.2, 0.25) is 5.91 Å². The lowest BCUT2D eigenvalue weighted by Crippen LogP contribution is -2.20. The van der Waals surface area contributed by atoms with Crippen LogP contribution in [0, 0.1) is 0 Å². The second-order valence-electron chi connectivity index (χ2n) is 4.14. The molecule has 5 heteroatoms. The molecule has 0 unspecified atom stereocenters. The Morgan fingerprint density at radius 1 is 1.17 bits per heavy atom. The monoisotopic (exact) mass is 269 g/mol. The van der Waals surface area contributed by atoms with Crippen LogP contribution in [0.2, 0.25) is 0 Å². The highest BCUT2D eigenvalue weighted by molar-refractivity contribution is 6.32. The van der Waals surface area contributed by atoms with E-state index in [-0.39, 0.29) is 18.0 Å². The average molecular weight is 270 g/mol. The summed E-state index contributed by atoms with van der Waals surface area (Å²) in [6, 6.07) is 6.46. The van der Waals surface area contributed by atoms with Crippen LogP contribution in [0.15, 0.2) is 24.3 Å². The van der Waals surface area contributed by atoms with E-state index in [0.29, 0.717) is 11.3 Å². The summed E-state index contributed by atoms with van der Waals surface area (Å²) in [4.78, 5) is 22.9. The number of hydrogen-bond acceptors (Lipinski definition) is 3. The first-order chi connectivity index (χ1) is 8.40. The Morgan fingerprint density at radius 3 is 2.17 bits per heavy atom. The predicted octanol–water partition coefficient (Wildman–Crippen LogP) is 2.82. The molecule has 18 heavy (non-hydrogen) atoms. The van der Waals surface area contributed by atoms with Gasteiger partial charge >= 0.3 is 5.97 Å². The van der Waals surface area contributed by atoms with Crippen LogP contribution in [0.3, 0.4) is 0 Å². The lowest BCUT2D eigenvalue weighted by Gasteiger charge is -2.09. The zero-order valence-electron chi connectivity index (χ0n) is 10.6. The van der Waals surface area contributed by atoms with Gasteiger partial charge in [0.05, 0.1) is 11.7 Å². The third kappa shape index (κ3) is 4.37. The molecular weight excluding hydrogens is 254 g/mol. The van der Waals surface area contributed by atoms with Gasteiger partial charge in [-0.05, 0) is 45.0 Å². The average Bonchev–Trinajstić information content (AvgIpc) is 2.28. The molecule has 0 spiro atoms. The van der Waals surface area contributed by atoms with Gasteiger partial charge in [-0.3, -0.25) is 4.79 Å². The van der Waals surface area contributed by atoms with Crippen molar-refractivity contribution in [3.8, 4) is 0 Å².